The van der Waals surface area contributed by atoms with Crippen molar-refractivity contribution in [1.82, 2.24) is 0 Å². The minimum Gasteiger partial charge on any atom is -0.546 e. The third kappa shape index (κ3) is 3.32. The molecule has 1 aromatic carbocycles. The van der Waals surface area contributed by atoms with Crippen LogP contribution < -0.4 is 9.84 Å². The minimum atomic E-state index is -1.20. The molecular weight excluding hydrogens is 316 g/mol. The summed E-state index contributed by atoms with van der Waals surface area (Å²) in [4.78, 5) is 10.8. The Labute approximate surface area is 148 Å². The first-order valence-electron chi connectivity index (χ1n) is 9.51. The second-order valence-electron chi connectivity index (χ2n) is 7.43. The molecule has 4 atom stereocenters. The Morgan fingerprint density at radius 3 is 2.80 bits per heavy atom. The summed E-state index contributed by atoms with van der Waals surface area (Å²) in [5.41, 5.74) is 2.56. The second kappa shape index (κ2) is 7.20. The lowest BCUT2D eigenvalue weighted by atomic mass is 9.68. The van der Waals surface area contributed by atoms with Gasteiger partial charge in [-0.1, -0.05) is 42.7 Å². The number of aliphatic carboxylic acids is 1. The smallest absolute Gasteiger partial charge is 0.128 e. The molecule has 2 aliphatic carbocycles. The zero-order valence-electron chi connectivity index (χ0n) is 14.5. The molecule has 1 aromatic rings. The van der Waals surface area contributed by atoms with E-state index in [2.05, 4.69) is 6.08 Å². The van der Waals surface area contributed by atoms with Gasteiger partial charge in [0.05, 0.1) is 18.2 Å². The maximum absolute atomic E-state index is 10.8. The van der Waals surface area contributed by atoms with Crippen LogP contribution in [-0.2, 0) is 9.53 Å². The van der Waals surface area contributed by atoms with Gasteiger partial charge in [-0.25, -0.2) is 0 Å². The highest BCUT2D eigenvalue weighted by atomic mass is 16.5. The van der Waals surface area contributed by atoms with Crippen molar-refractivity contribution < 1.29 is 19.4 Å². The Bertz CT molecular complexity index is 666. The maximum Gasteiger partial charge on any atom is 0.128 e. The lowest BCUT2D eigenvalue weighted by Gasteiger charge is -2.47. The van der Waals surface area contributed by atoms with Crippen molar-refractivity contribution in [3.63, 3.8) is 0 Å². The number of fused-ring (bicyclic) bond motifs is 3. The van der Waals surface area contributed by atoms with Crippen molar-refractivity contribution in [2.45, 2.75) is 57.2 Å². The van der Waals surface area contributed by atoms with Crippen molar-refractivity contribution in [3.8, 4) is 5.75 Å². The van der Waals surface area contributed by atoms with Gasteiger partial charge in [0.2, 0.25) is 0 Å². The number of carboxylic acid groups (broad SMARTS) is 1. The van der Waals surface area contributed by atoms with Crippen molar-refractivity contribution in [3.05, 3.63) is 41.5 Å². The standard InChI is InChI=1S/C21H26O4/c22-20(23)13-24-18-11-5-4-10-17(18)21-16-9-2-1-7-14(16)15-8-3-6-12-19(15)25-21/h4-5,7,10-11,15-16,19,21H,1-3,6,8-9,12-13H2,(H,22,23)/p-1/t15-,16+,19-,21+/m1/s1. The Morgan fingerprint density at radius 2 is 1.92 bits per heavy atom. The van der Waals surface area contributed by atoms with E-state index in [0.29, 0.717) is 17.6 Å². The van der Waals surface area contributed by atoms with E-state index < -0.39 is 12.6 Å². The lowest BCUT2D eigenvalue weighted by Crippen LogP contribution is -2.41. The number of para-hydroxylation sites is 1. The summed E-state index contributed by atoms with van der Waals surface area (Å²) in [6.07, 6.45) is 11.1. The van der Waals surface area contributed by atoms with Crippen molar-refractivity contribution in [1.29, 1.82) is 0 Å². The fourth-order valence-corrected chi connectivity index (χ4v) is 4.88. The van der Waals surface area contributed by atoms with Crippen LogP contribution in [-0.4, -0.2) is 18.7 Å². The van der Waals surface area contributed by atoms with E-state index in [1.807, 2.05) is 24.3 Å². The van der Waals surface area contributed by atoms with Gasteiger partial charge in [0.1, 0.15) is 12.4 Å². The monoisotopic (exact) mass is 341 g/mol. The SMILES string of the molecule is O=C([O-])COc1ccccc1[C@H]1O[C@@H]2CCCC[C@@H]2C2=CCCC[C@@H]21. The number of carbonyl (C=O) groups excluding carboxylic acids is 1. The van der Waals surface area contributed by atoms with Gasteiger partial charge in [-0.2, -0.15) is 0 Å². The number of rotatable bonds is 4. The largest absolute Gasteiger partial charge is 0.546 e. The Kier molecular flexibility index (Phi) is 4.80. The second-order valence-corrected chi connectivity index (χ2v) is 7.43. The fraction of sp³-hybridized carbons (Fsp3) is 0.571. The maximum atomic E-state index is 10.8. The van der Waals surface area contributed by atoms with E-state index in [1.165, 1.54) is 32.1 Å². The van der Waals surface area contributed by atoms with Crippen molar-refractivity contribution in [2.75, 3.05) is 6.61 Å². The molecule has 1 aliphatic heterocycles. The highest BCUT2D eigenvalue weighted by Gasteiger charge is 2.44. The molecule has 3 aliphatic rings. The lowest BCUT2D eigenvalue weighted by molar-refractivity contribution is -0.307. The minimum absolute atomic E-state index is 0.0381. The van der Waals surface area contributed by atoms with Crippen molar-refractivity contribution in [2.24, 2.45) is 11.8 Å². The molecule has 4 nitrogen and oxygen atoms in total. The van der Waals surface area contributed by atoms with Gasteiger partial charge in [0.15, 0.2) is 0 Å². The molecule has 0 aromatic heterocycles. The molecule has 0 amide bonds. The van der Waals surface area contributed by atoms with Gasteiger partial charge < -0.3 is 19.4 Å². The zero-order chi connectivity index (χ0) is 17.2. The molecule has 25 heavy (non-hydrogen) atoms. The summed E-state index contributed by atoms with van der Waals surface area (Å²) in [6, 6.07) is 7.70. The Hall–Kier alpha value is -1.81. The molecule has 0 unspecified atom stereocenters. The zero-order valence-corrected chi connectivity index (χ0v) is 14.5. The van der Waals surface area contributed by atoms with Gasteiger partial charge in [-0.15, -0.1) is 0 Å². The summed E-state index contributed by atoms with van der Waals surface area (Å²) in [5, 5.41) is 10.8. The van der Waals surface area contributed by atoms with E-state index >= 15 is 0 Å². The van der Waals surface area contributed by atoms with Crippen LogP contribution in [0.25, 0.3) is 0 Å². The average Bonchev–Trinajstić information content (AvgIpc) is 2.66. The van der Waals surface area contributed by atoms with Gasteiger partial charge in [0.25, 0.3) is 0 Å². The summed E-state index contributed by atoms with van der Waals surface area (Å²) in [7, 11) is 0. The molecule has 4 heteroatoms. The molecule has 4 rings (SSSR count). The topological polar surface area (TPSA) is 58.6 Å². The van der Waals surface area contributed by atoms with E-state index in [4.69, 9.17) is 9.47 Å². The first-order chi connectivity index (χ1) is 12.2. The van der Waals surface area contributed by atoms with Crippen LogP contribution in [0.3, 0.4) is 0 Å². The van der Waals surface area contributed by atoms with Crippen molar-refractivity contribution >= 4 is 5.97 Å². The van der Waals surface area contributed by atoms with Gasteiger partial charge in [-0.05, 0) is 38.2 Å². The quantitative estimate of drug-likeness (QED) is 0.789. The molecule has 0 N–H and O–H groups in total. The fourth-order valence-electron chi connectivity index (χ4n) is 4.88. The van der Waals surface area contributed by atoms with Crippen LogP contribution in [0.1, 0.15) is 56.6 Å². The third-order valence-corrected chi connectivity index (χ3v) is 5.92. The van der Waals surface area contributed by atoms with E-state index in [-0.39, 0.29) is 12.2 Å². The number of carbonyl (C=O) groups is 1. The molecular formula is C21H25O4-. The van der Waals surface area contributed by atoms with Crippen LogP contribution in [0.4, 0.5) is 0 Å². The number of benzene rings is 1. The first kappa shape index (κ1) is 16.6. The van der Waals surface area contributed by atoms with Crippen LogP contribution in [0.5, 0.6) is 5.75 Å². The molecule has 1 saturated heterocycles. The van der Waals surface area contributed by atoms with Gasteiger partial charge in [-0.3, -0.25) is 0 Å². The molecule has 1 saturated carbocycles. The predicted octanol–water partition coefficient (Wildman–Crippen LogP) is 3.17. The number of hydrogen-bond donors (Lipinski definition) is 0. The molecule has 0 bridgehead atoms. The molecule has 134 valence electrons. The van der Waals surface area contributed by atoms with Crippen LogP contribution in [0.2, 0.25) is 0 Å². The van der Waals surface area contributed by atoms with Crippen LogP contribution in [0, 0.1) is 11.8 Å². The number of carboxylic acids is 1. The average molecular weight is 341 g/mol. The van der Waals surface area contributed by atoms with Crippen LogP contribution >= 0.6 is 0 Å². The Balaban J connectivity index is 1.66. The molecule has 2 fully saturated rings. The van der Waals surface area contributed by atoms with E-state index in [0.717, 1.165) is 18.4 Å². The normalized spacial score (nSPS) is 31.4. The molecule has 0 spiro atoms. The molecule has 1 heterocycles. The first-order valence-corrected chi connectivity index (χ1v) is 9.51. The highest BCUT2D eigenvalue weighted by molar-refractivity contribution is 5.66. The summed E-state index contributed by atoms with van der Waals surface area (Å²) in [6.45, 7) is -0.427. The predicted molar refractivity (Wildman–Crippen MR) is 91.9 cm³/mol. The highest BCUT2D eigenvalue weighted by Crippen LogP contribution is 2.52. The van der Waals surface area contributed by atoms with E-state index in [9.17, 15) is 9.90 Å². The number of ether oxygens (including phenoxy) is 2. The summed E-state index contributed by atoms with van der Waals surface area (Å²) >= 11 is 0. The van der Waals surface area contributed by atoms with Gasteiger partial charge >= 0.3 is 0 Å². The summed E-state index contributed by atoms with van der Waals surface area (Å²) < 4.78 is 12.1. The summed E-state index contributed by atoms with van der Waals surface area (Å²) in [5.74, 6) is 0.369. The third-order valence-electron chi connectivity index (χ3n) is 5.92. The molecule has 0 radical (unpaired) electrons. The number of hydrogen-bond acceptors (Lipinski definition) is 4. The van der Waals surface area contributed by atoms with Crippen LogP contribution in [0.15, 0.2) is 35.9 Å². The van der Waals surface area contributed by atoms with E-state index in [1.54, 1.807) is 5.57 Å². The van der Waals surface area contributed by atoms with Gasteiger partial charge in [0, 0.05) is 17.4 Å². The Morgan fingerprint density at radius 1 is 1.12 bits per heavy atom. The number of allylic oxidation sites excluding steroid dienone is 1.